The maximum atomic E-state index is 13.4. The van der Waals surface area contributed by atoms with E-state index < -0.39 is 0 Å². The Balaban J connectivity index is 0.000000491. The third kappa shape index (κ3) is 5.22. The maximum absolute atomic E-state index is 13.4. The molecular weight excluding hydrogens is 263 g/mol. The van der Waals surface area contributed by atoms with Crippen molar-refractivity contribution in [1.82, 2.24) is 0 Å². The molecule has 0 aliphatic carbocycles. The highest BCUT2D eigenvalue weighted by atomic mass is 19.1. The zero-order valence-electron chi connectivity index (χ0n) is 13.4. The van der Waals surface area contributed by atoms with Gasteiger partial charge in [0.2, 0.25) is 0 Å². The van der Waals surface area contributed by atoms with Crippen LogP contribution in [0, 0.1) is 5.82 Å². The summed E-state index contributed by atoms with van der Waals surface area (Å²) in [6, 6.07) is 13.0. The van der Waals surface area contributed by atoms with Gasteiger partial charge in [-0.25, -0.2) is 4.39 Å². The molecule has 0 aliphatic rings. The average molecular weight is 288 g/mol. The quantitative estimate of drug-likeness (QED) is 0.683. The van der Waals surface area contributed by atoms with Gasteiger partial charge >= 0.3 is 0 Å². The van der Waals surface area contributed by atoms with Gasteiger partial charge in [0.05, 0.1) is 7.11 Å². The normalized spacial score (nSPS) is 9.76. The summed E-state index contributed by atoms with van der Waals surface area (Å²) >= 11 is 0. The van der Waals surface area contributed by atoms with Gasteiger partial charge in [0.1, 0.15) is 11.6 Å². The summed E-state index contributed by atoms with van der Waals surface area (Å²) in [5.74, 6) is 0.691. The van der Waals surface area contributed by atoms with E-state index in [0.717, 1.165) is 22.4 Å². The molecule has 0 aliphatic heterocycles. The van der Waals surface area contributed by atoms with Crippen LogP contribution in [0.1, 0.15) is 39.2 Å². The van der Waals surface area contributed by atoms with E-state index in [2.05, 4.69) is 13.8 Å². The van der Waals surface area contributed by atoms with Crippen molar-refractivity contribution in [1.29, 1.82) is 0 Å². The fourth-order valence-corrected chi connectivity index (χ4v) is 1.81. The van der Waals surface area contributed by atoms with Crippen LogP contribution in [0.3, 0.4) is 0 Å². The van der Waals surface area contributed by atoms with Crippen LogP contribution < -0.4 is 4.74 Å². The lowest BCUT2D eigenvalue weighted by molar-refractivity contribution is 0.415. The van der Waals surface area contributed by atoms with Crippen molar-refractivity contribution in [3.8, 4) is 16.9 Å². The molecule has 2 heteroatoms. The van der Waals surface area contributed by atoms with Crippen molar-refractivity contribution in [2.45, 2.75) is 40.0 Å². The first kappa shape index (κ1) is 17.2. The first-order valence-corrected chi connectivity index (χ1v) is 7.59. The lowest BCUT2D eigenvalue weighted by Gasteiger charge is -2.06. The molecule has 0 spiro atoms. The molecule has 0 unspecified atom stereocenters. The van der Waals surface area contributed by atoms with E-state index >= 15 is 0 Å². The van der Waals surface area contributed by atoms with Crippen molar-refractivity contribution in [2.75, 3.05) is 7.11 Å². The Kier molecular flexibility index (Phi) is 7.52. The molecule has 21 heavy (non-hydrogen) atoms. The number of hydrogen-bond acceptors (Lipinski definition) is 1. The summed E-state index contributed by atoms with van der Waals surface area (Å²) in [6.45, 7) is 6.32. The topological polar surface area (TPSA) is 9.23 Å². The smallest absolute Gasteiger partial charge is 0.126 e. The van der Waals surface area contributed by atoms with Crippen LogP contribution in [0.2, 0.25) is 0 Å². The minimum absolute atomic E-state index is 0.134. The minimum Gasteiger partial charge on any atom is -0.497 e. The molecule has 0 heterocycles. The number of benzene rings is 2. The van der Waals surface area contributed by atoms with Crippen LogP contribution in [0.25, 0.3) is 11.1 Å². The second-order valence-electron chi connectivity index (χ2n) is 4.89. The van der Waals surface area contributed by atoms with Crippen molar-refractivity contribution < 1.29 is 9.13 Å². The number of rotatable bonds is 4. The number of ether oxygens (including phenoxy) is 1. The van der Waals surface area contributed by atoms with Crippen molar-refractivity contribution in [2.24, 2.45) is 0 Å². The summed E-state index contributed by atoms with van der Waals surface area (Å²) in [5, 5.41) is 0. The minimum atomic E-state index is -0.134. The van der Waals surface area contributed by atoms with E-state index in [1.807, 2.05) is 37.3 Å². The molecule has 0 saturated carbocycles. The lowest BCUT2D eigenvalue weighted by atomic mass is 10.0. The molecule has 114 valence electrons. The summed E-state index contributed by atoms with van der Waals surface area (Å²) in [6.07, 6.45) is 3.34. The van der Waals surface area contributed by atoms with Gasteiger partial charge in [-0.15, -0.1) is 0 Å². The molecule has 2 aromatic carbocycles. The SMILES string of the molecule is CCCC.CCc1cc(-c2ccc(OC)cc2)ccc1F. The Bertz CT molecular complexity index is 530. The van der Waals surface area contributed by atoms with Crippen LogP contribution >= 0.6 is 0 Å². The number of hydrogen-bond donors (Lipinski definition) is 0. The molecule has 0 fully saturated rings. The maximum Gasteiger partial charge on any atom is 0.126 e. The summed E-state index contributed by atoms with van der Waals surface area (Å²) in [5.41, 5.74) is 2.85. The standard InChI is InChI=1S/C15H15FO.C4H10/c1-3-11-10-13(6-9-15(11)16)12-4-7-14(17-2)8-5-12;1-3-4-2/h4-10H,3H2,1-2H3;3-4H2,1-2H3. The van der Waals surface area contributed by atoms with Crippen LogP contribution in [-0.2, 0) is 6.42 Å². The van der Waals surface area contributed by atoms with Gasteiger partial charge in [0.25, 0.3) is 0 Å². The number of halogens is 1. The number of methoxy groups -OCH3 is 1. The molecular formula is C19H25FO. The van der Waals surface area contributed by atoms with Crippen molar-refractivity contribution in [3.63, 3.8) is 0 Å². The second-order valence-corrected chi connectivity index (χ2v) is 4.89. The van der Waals surface area contributed by atoms with E-state index in [-0.39, 0.29) is 5.82 Å². The molecule has 0 atom stereocenters. The Morgan fingerprint density at radius 3 is 1.90 bits per heavy atom. The molecule has 0 saturated heterocycles. The van der Waals surface area contributed by atoms with E-state index in [4.69, 9.17) is 4.74 Å². The fourth-order valence-electron chi connectivity index (χ4n) is 1.81. The average Bonchev–Trinajstić information content (AvgIpc) is 2.55. The third-order valence-electron chi connectivity index (χ3n) is 3.35. The van der Waals surface area contributed by atoms with Gasteiger partial charge < -0.3 is 4.74 Å². The first-order valence-electron chi connectivity index (χ1n) is 7.59. The predicted octanol–water partition coefficient (Wildman–Crippen LogP) is 5.87. The molecule has 2 rings (SSSR count). The Labute approximate surface area is 127 Å². The van der Waals surface area contributed by atoms with E-state index in [9.17, 15) is 4.39 Å². The van der Waals surface area contributed by atoms with E-state index in [1.165, 1.54) is 18.9 Å². The Hall–Kier alpha value is -1.83. The summed E-state index contributed by atoms with van der Waals surface area (Å²) in [4.78, 5) is 0. The van der Waals surface area contributed by atoms with Crippen molar-refractivity contribution in [3.05, 3.63) is 53.8 Å². The highest BCUT2D eigenvalue weighted by molar-refractivity contribution is 5.65. The second kappa shape index (κ2) is 9.17. The molecule has 0 bridgehead atoms. The first-order chi connectivity index (χ1) is 10.2. The number of unbranched alkanes of at least 4 members (excludes halogenated alkanes) is 1. The summed E-state index contributed by atoms with van der Waals surface area (Å²) < 4.78 is 18.5. The molecule has 2 aromatic rings. The third-order valence-corrected chi connectivity index (χ3v) is 3.35. The van der Waals surface area contributed by atoms with E-state index in [1.54, 1.807) is 13.2 Å². The molecule has 0 amide bonds. The number of aryl methyl sites for hydroxylation is 1. The fraction of sp³-hybridized carbons (Fsp3) is 0.368. The molecule has 0 aromatic heterocycles. The lowest BCUT2D eigenvalue weighted by Crippen LogP contribution is -1.89. The van der Waals surface area contributed by atoms with Gasteiger partial charge in [-0.1, -0.05) is 51.8 Å². The zero-order valence-corrected chi connectivity index (χ0v) is 13.4. The predicted molar refractivity (Wildman–Crippen MR) is 88.3 cm³/mol. The van der Waals surface area contributed by atoms with Gasteiger partial charge in [-0.05, 0) is 47.4 Å². The molecule has 1 nitrogen and oxygen atoms in total. The van der Waals surface area contributed by atoms with Crippen LogP contribution in [0.4, 0.5) is 4.39 Å². The largest absolute Gasteiger partial charge is 0.497 e. The van der Waals surface area contributed by atoms with Gasteiger partial charge in [0.15, 0.2) is 0 Å². The zero-order chi connectivity index (χ0) is 15.7. The van der Waals surface area contributed by atoms with Gasteiger partial charge in [0, 0.05) is 0 Å². The Morgan fingerprint density at radius 2 is 1.43 bits per heavy atom. The van der Waals surface area contributed by atoms with Crippen LogP contribution in [0.5, 0.6) is 5.75 Å². The Morgan fingerprint density at radius 1 is 0.857 bits per heavy atom. The summed E-state index contributed by atoms with van der Waals surface area (Å²) in [7, 11) is 1.64. The molecule has 0 N–H and O–H groups in total. The van der Waals surface area contributed by atoms with Crippen molar-refractivity contribution >= 4 is 0 Å². The molecule has 0 radical (unpaired) electrons. The highest BCUT2D eigenvalue weighted by Crippen LogP contribution is 2.24. The van der Waals surface area contributed by atoms with Gasteiger partial charge in [-0.2, -0.15) is 0 Å². The van der Waals surface area contributed by atoms with Crippen LogP contribution in [0.15, 0.2) is 42.5 Å². The van der Waals surface area contributed by atoms with Gasteiger partial charge in [-0.3, -0.25) is 0 Å². The van der Waals surface area contributed by atoms with E-state index in [0.29, 0.717) is 6.42 Å². The van der Waals surface area contributed by atoms with Crippen LogP contribution in [-0.4, -0.2) is 7.11 Å². The monoisotopic (exact) mass is 288 g/mol. The highest BCUT2D eigenvalue weighted by Gasteiger charge is 2.03.